The first kappa shape index (κ1) is 16.2. The summed E-state index contributed by atoms with van der Waals surface area (Å²) in [6, 6.07) is 1.65. The van der Waals surface area contributed by atoms with Crippen molar-refractivity contribution in [1.29, 1.82) is 0 Å². The molecule has 0 radical (unpaired) electrons. The Hall–Kier alpha value is 0.210. The summed E-state index contributed by atoms with van der Waals surface area (Å²) in [5.41, 5.74) is -1.35. The molecule has 84 valence electrons. The van der Waals surface area contributed by atoms with E-state index in [4.69, 9.17) is 11.6 Å². The van der Waals surface area contributed by atoms with Crippen LogP contribution in [0.5, 0.6) is 0 Å². The van der Waals surface area contributed by atoms with Gasteiger partial charge in [-0.05, 0) is 18.2 Å². The normalized spacial score (nSPS) is 12.1. The first-order chi connectivity index (χ1) is 6.62. The molecule has 0 heterocycles. The summed E-state index contributed by atoms with van der Waals surface area (Å²) in [6.07, 6.45) is -4.79. The molecule has 0 aliphatic rings. The van der Waals surface area contributed by atoms with Crippen LogP contribution in [0.1, 0.15) is 5.56 Å². The van der Waals surface area contributed by atoms with Gasteiger partial charge in [0, 0.05) is 0 Å². The Bertz CT molecular complexity index is 486. The summed E-state index contributed by atoms with van der Waals surface area (Å²) in [5.74, 6) is 0. The maximum Gasteiger partial charge on any atom is 1.00 e. The van der Waals surface area contributed by atoms with Gasteiger partial charge in [0.15, 0.2) is 0 Å². The molecule has 16 heavy (non-hydrogen) atoms. The molecule has 0 aliphatic heterocycles. The minimum atomic E-state index is -4.91. The topological polar surface area (TPSA) is 57.2 Å². The van der Waals surface area contributed by atoms with Gasteiger partial charge in [-0.3, -0.25) is 0 Å². The van der Waals surface area contributed by atoms with Crippen LogP contribution in [-0.4, -0.2) is 13.0 Å². The summed E-state index contributed by atoms with van der Waals surface area (Å²) in [6.45, 7) is 0. The van der Waals surface area contributed by atoms with E-state index < -0.39 is 31.8 Å². The molecule has 0 aromatic heterocycles. The van der Waals surface area contributed by atoms with E-state index in [0.29, 0.717) is 0 Å². The molecule has 0 unspecified atom stereocenters. The second-order valence-corrected chi connectivity index (χ2v) is 4.38. The zero-order valence-corrected chi connectivity index (χ0v) is 11.4. The third-order valence-electron chi connectivity index (χ3n) is 1.53. The molecule has 1 aromatic rings. The third kappa shape index (κ3) is 3.90. The quantitative estimate of drug-likeness (QED) is 0.504. The van der Waals surface area contributed by atoms with Crippen molar-refractivity contribution in [2.45, 2.75) is 11.1 Å². The zero-order chi connectivity index (χ0) is 11.9. The standard InChI is InChI=1S/C7H4ClF3O3S.Na/c8-6-2-1-4(15(12,13)14)3-5(6)7(9,10)11;/h1-3H,(H,12,13,14);/q;+1/p-1. The molecule has 0 fully saturated rings. The van der Waals surface area contributed by atoms with Crippen LogP contribution in [0.4, 0.5) is 13.2 Å². The Morgan fingerprint density at radius 2 is 1.75 bits per heavy atom. The number of hydrogen-bond donors (Lipinski definition) is 0. The van der Waals surface area contributed by atoms with Gasteiger partial charge in [0.1, 0.15) is 10.1 Å². The second kappa shape index (κ2) is 5.24. The first-order valence-electron chi connectivity index (χ1n) is 3.45. The summed E-state index contributed by atoms with van der Waals surface area (Å²) < 4.78 is 68.1. The summed E-state index contributed by atoms with van der Waals surface area (Å²) in [5, 5.41) is -0.658. The predicted molar refractivity (Wildman–Crippen MR) is 44.4 cm³/mol. The zero-order valence-electron chi connectivity index (χ0n) is 7.88. The minimum absolute atomic E-state index is 0. The molecule has 0 spiro atoms. The maximum atomic E-state index is 12.2. The monoisotopic (exact) mass is 282 g/mol. The summed E-state index contributed by atoms with van der Waals surface area (Å²) in [7, 11) is -4.91. The van der Waals surface area contributed by atoms with Crippen molar-refractivity contribution < 1.29 is 55.7 Å². The SMILES string of the molecule is O=S(=O)([O-])c1ccc(Cl)c(C(F)(F)F)c1.[Na+]. The van der Waals surface area contributed by atoms with E-state index in [0.717, 1.165) is 12.1 Å². The van der Waals surface area contributed by atoms with Gasteiger partial charge in [0.25, 0.3) is 0 Å². The van der Waals surface area contributed by atoms with E-state index in [9.17, 15) is 26.1 Å². The maximum absolute atomic E-state index is 12.2. The number of rotatable bonds is 1. The van der Waals surface area contributed by atoms with Crippen molar-refractivity contribution in [3.8, 4) is 0 Å². The minimum Gasteiger partial charge on any atom is -0.744 e. The Balaban J connectivity index is 0.00000225. The van der Waals surface area contributed by atoms with Crippen molar-refractivity contribution in [1.82, 2.24) is 0 Å². The van der Waals surface area contributed by atoms with Crippen LogP contribution in [0.2, 0.25) is 5.02 Å². The Morgan fingerprint density at radius 3 is 2.12 bits per heavy atom. The third-order valence-corrected chi connectivity index (χ3v) is 2.69. The van der Waals surface area contributed by atoms with Gasteiger partial charge in [0.05, 0.1) is 15.5 Å². The van der Waals surface area contributed by atoms with Gasteiger partial charge in [-0.1, -0.05) is 11.6 Å². The molecule has 3 nitrogen and oxygen atoms in total. The van der Waals surface area contributed by atoms with E-state index in [1.54, 1.807) is 0 Å². The fraction of sp³-hybridized carbons (Fsp3) is 0.143. The van der Waals surface area contributed by atoms with Gasteiger partial charge in [-0.2, -0.15) is 13.2 Å². The Kier molecular flexibility index (Phi) is 5.31. The van der Waals surface area contributed by atoms with Crippen molar-refractivity contribution in [2.75, 3.05) is 0 Å². The predicted octanol–water partition coefficient (Wildman–Crippen LogP) is -0.733. The van der Waals surface area contributed by atoms with Crippen molar-refractivity contribution in [2.24, 2.45) is 0 Å². The molecule has 0 saturated carbocycles. The molecule has 9 heteroatoms. The molecule has 0 atom stereocenters. The molecular formula is C7H3ClF3NaO3S. The largest absolute Gasteiger partial charge is 1.00 e. The summed E-state index contributed by atoms with van der Waals surface area (Å²) in [4.78, 5) is -0.959. The van der Waals surface area contributed by atoms with Gasteiger partial charge in [0.2, 0.25) is 0 Å². The molecule has 0 bridgehead atoms. The van der Waals surface area contributed by atoms with Gasteiger partial charge in [-0.15, -0.1) is 0 Å². The summed E-state index contributed by atoms with van der Waals surface area (Å²) >= 11 is 5.21. The van der Waals surface area contributed by atoms with E-state index in [1.165, 1.54) is 0 Å². The van der Waals surface area contributed by atoms with Crippen molar-refractivity contribution >= 4 is 21.7 Å². The molecule has 0 aliphatic carbocycles. The first-order valence-corrected chi connectivity index (χ1v) is 5.23. The number of halogens is 4. The van der Waals surface area contributed by atoms with E-state index >= 15 is 0 Å². The Morgan fingerprint density at radius 1 is 1.25 bits per heavy atom. The van der Waals surface area contributed by atoms with Crippen LogP contribution in [0.15, 0.2) is 23.1 Å². The van der Waals surface area contributed by atoms with Gasteiger partial charge >= 0.3 is 35.7 Å². The molecule has 1 aromatic carbocycles. The average molecular weight is 283 g/mol. The second-order valence-electron chi connectivity index (χ2n) is 2.59. The smallest absolute Gasteiger partial charge is 0.744 e. The van der Waals surface area contributed by atoms with Crippen LogP contribution in [-0.2, 0) is 16.3 Å². The molecule has 1 rings (SSSR count). The van der Waals surface area contributed by atoms with E-state index in [1.807, 2.05) is 0 Å². The van der Waals surface area contributed by atoms with Crippen LogP contribution in [0.25, 0.3) is 0 Å². The molecule has 0 amide bonds. The number of hydrogen-bond acceptors (Lipinski definition) is 3. The van der Waals surface area contributed by atoms with Crippen LogP contribution < -0.4 is 29.6 Å². The van der Waals surface area contributed by atoms with Crippen LogP contribution >= 0.6 is 11.6 Å². The van der Waals surface area contributed by atoms with E-state index in [2.05, 4.69) is 0 Å². The van der Waals surface area contributed by atoms with Crippen LogP contribution in [0, 0.1) is 0 Å². The molecular weight excluding hydrogens is 280 g/mol. The van der Waals surface area contributed by atoms with Crippen molar-refractivity contribution in [3.05, 3.63) is 28.8 Å². The van der Waals surface area contributed by atoms with Crippen molar-refractivity contribution in [3.63, 3.8) is 0 Å². The molecule has 0 saturated heterocycles. The van der Waals surface area contributed by atoms with Gasteiger partial charge < -0.3 is 4.55 Å². The number of alkyl halides is 3. The van der Waals surface area contributed by atoms with E-state index in [-0.39, 0.29) is 35.6 Å². The van der Waals surface area contributed by atoms with Crippen LogP contribution in [0.3, 0.4) is 0 Å². The average Bonchev–Trinajstić information content (AvgIpc) is 2.00. The Labute approximate surface area is 117 Å². The molecule has 0 N–H and O–H groups in total. The number of benzene rings is 1. The van der Waals surface area contributed by atoms with Gasteiger partial charge in [-0.25, -0.2) is 8.42 Å². The fourth-order valence-electron chi connectivity index (χ4n) is 0.877. The fourth-order valence-corrected chi connectivity index (χ4v) is 1.60.